The van der Waals surface area contributed by atoms with Crippen molar-refractivity contribution in [3.8, 4) is 11.4 Å². The molecule has 0 fully saturated rings. The van der Waals surface area contributed by atoms with Gasteiger partial charge in [0.25, 0.3) is 5.91 Å². The van der Waals surface area contributed by atoms with Crippen LogP contribution in [0.15, 0.2) is 90.1 Å². The molecule has 0 spiro atoms. The van der Waals surface area contributed by atoms with Crippen LogP contribution in [0.1, 0.15) is 15.9 Å². The van der Waals surface area contributed by atoms with Crippen molar-refractivity contribution < 1.29 is 14.0 Å². The fraction of sp³-hybridized carbons (Fsp3) is 0.0833. The van der Waals surface area contributed by atoms with Crippen LogP contribution in [0.3, 0.4) is 0 Å². The maximum atomic E-state index is 14.4. The highest BCUT2D eigenvalue weighted by molar-refractivity contribution is 7.99. The smallest absolute Gasteiger partial charge is 0.269 e. The van der Waals surface area contributed by atoms with Crippen LogP contribution in [0.5, 0.6) is 0 Å². The van der Waals surface area contributed by atoms with Crippen LogP contribution in [-0.4, -0.2) is 32.3 Å². The van der Waals surface area contributed by atoms with Gasteiger partial charge in [-0.3, -0.25) is 25.0 Å². The summed E-state index contributed by atoms with van der Waals surface area (Å²) in [6, 6.07) is 24.6. The Hall–Kier alpha value is -3.98. The first kappa shape index (κ1) is 22.2. The number of aromatic nitrogens is 3. The van der Waals surface area contributed by atoms with Gasteiger partial charge in [0.2, 0.25) is 5.91 Å². The highest BCUT2D eigenvalue weighted by atomic mass is 32.2. The lowest BCUT2D eigenvalue weighted by molar-refractivity contribution is -0.119. The third-order valence-corrected chi connectivity index (χ3v) is 5.67. The van der Waals surface area contributed by atoms with Crippen LogP contribution >= 0.6 is 11.8 Å². The average molecular weight is 462 g/mol. The van der Waals surface area contributed by atoms with E-state index in [-0.39, 0.29) is 5.75 Å². The Labute approximate surface area is 194 Å². The SMILES string of the molecule is O=C(CSc1nnc(-c2ccccc2F)n1Cc1ccccc1)NNC(=O)c1ccccc1. The fourth-order valence-electron chi connectivity index (χ4n) is 3.10. The van der Waals surface area contributed by atoms with Crippen molar-refractivity contribution in [2.75, 3.05) is 5.75 Å². The van der Waals surface area contributed by atoms with Crippen molar-refractivity contribution in [3.05, 3.63) is 102 Å². The molecule has 0 radical (unpaired) electrons. The number of benzene rings is 3. The van der Waals surface area contributed by atoms with Gasteiger partial charge in [0.15, 0.2) is 11.0 Å². The summed E-state index contributed by atoms with van der Waals surface area (Å²) in [7, 11) is 0. The van der Waals surface area contributed by atoms with E-state index in [0.717, 1.165) is 17.3 Å². The third-order valence-electron chi connectivity index (χ3n) is 4.70. The van der Waals surface area contributed by atoms with Gasteiger partial charge in [-0.25, -0.2) is 4.39 Å². The highest BCUT2D eigenvalue weighted by Crippen LogP contribution is 2.26. The summed E-state index contributed by atoms with van der Waals surface area (Å²) in [5.74, 6) is -0.873. The van der Waals surface area contributed by atoms with E-state index in [2.05, 4.69) is 21.0 Å². The fourth-order valence-corrected chi connectivity index (χ4v) is 3.84. The summed E-state index contributed by atoms with van der Waals surface area (Å²) < 4.78 is 16.2. The van der Waals surface area contributed by atoms with Crippen LogP contribution < -0.4 is 10.9 Å². The largest absolute Gasteiger partial charge is 0.297 e. The molecule has 0 bridgehead atoms. The molecule has 3 aromatic carbocycles. The molecule has 0 aliphatic heterocycles. The number of hydrazine groups is 1. The Kier molecular flexibility index (Phi) is 7.11. The molecule has 0 saturated carbocycles. The summed E-state index contributed by atoms with van der Waals surface area (Å²) in [4.78, 5) is 24.4. The zero-order valence-electron chi connectivity index (χ0n) is 17.4. The number of amides is 2. The molecule has 2 N–H and O–H groups in total. The minimum Gasteiger partial charge on any atom is -0.297 e. The summed E-state index contributed by atoms with van der Waals surface area (Å²) >= 11 is 1.15. The molecule has 33 heavy (non-hydrogen) atoms. The van der Waals surface area contributed by atoms with Crippen LogP contribution in [0.2, 0.25) is 0 Å². The zero-order valence-corrected chi connectivity index (χ0v) is 18.3. The molecule has 0 aliphatic rings. The Morgan fingerprint density at radius 1 is 0.848 bits per heavy atom. The Bertz CT molecular complexity index is 1250. The Balaban J connectivity index is 1.47. The number of thioether (sulfide) groups is 1. The van der Waals surface area contributed by atoms with E-state index >= 15 is 0 Å². The summed E-state index contributed by atoms with van der Waals surface area (Å²) in [6.07, 6.45) is 0. The second-order valence-electron chi connectivity index (χ2n) is 7.01. The molecule has 166 valence electrons. The van der Waals surface area contributed by atoms with Crippen molar-refractivity contribution in [2.24, 2.45) is 0 Å². The van der Waals surface area contributed by atoms with E-state index in [1.807, 2.05) is 30.3 Å². The summed E-state index contributed by atoms with van der Waals surface area (Å²) in [6.45, 7) is 0.409. The van der Waals surface area contributed by atoms with Gasteiger partial charge in [-0.1, -0.05) is 72.4 Å². The second-order valence-corrected chi connectivity index (χ2v) is 7.96. The quantitative estimate of drug-likeness (QED) is 0.324. The summed E-state index contributed by atoms with van der Waals surface area (Å²) in [5.41, 5.74) is 6.52. The predicted octanol–water partition coefficient (Wildman–Crippen LogP) is 3.69. The monoisotopic (exact) mass is 461 g/mol. The van der Waals surface area contributed by atoms with Crippen LogP contribution in [0, 0.1) is 5.82 Å². The van der Waals surface area contributed by atoms with Gasteiger partial charge in [0.1, 0.15) is 5.82 Å². The molecule has 1 aromatic heterocycles. The number of carbonyl (C=O) groups excluding carboxylic acids is 2. The Morgan fingerprint density at radius 2 is 1.52 bits per heavy atom. The lowest BCUT2D eigenvalue weighted by Crippen LogP contribution is -2.42. The number of hydrogen-bond acceptors (Lipinski definition) is 5. The van der Waals surface area contributed by atoms with Gasteiger partial charge >= 0.3 is 0 Å². The number of rotatable bonds is 7. The van der Waals surface area contributed by atoms with Crippen molar-refractivity contribution >= 4 is 23.6 Å². The highest BCUT2D eigenvalue weighted by Gasteiger charge is 2.18. The maximum Gasteiger partial charge on any atom is 0.269 e. The predicted molar refractivity (Wildman–Crippen MR) is 124 cm³/mol. The standard InChI is InChI=1S/C24H20FN5O2S/c25-20-14-8-7-13-19(20)22-27-29-24(30(22)15-17-9-3-1-4-10-17)33-16-21(31)26-28-23(32)18-11-5-2-6-12-18/h1-14H,15-16H2,(H,26,31)(H,28,32). The first-order chi connectivity index (χ1) is 16.1. The van der Waals surface area contributed by atoms with Crippen LogP contribution in [0.25, 0.3) is 11.4 Å². The molecule has 0 aliphatic carbocycles. The first-order valence-electron chi connectivity index (χ1n) is 10.1. The molecule has 9 heteroatoms. The molecule has 1 heterocycles. The van der Waals surface area contributed by atoms with Gasteiger partial charge in [0, 0.05) is 5.56 Å². The van der Waals surface area contributed by atoms with Gasteiger partial charge in [-0.05, 0) is 29.8 Å². The molecule has 7 nitrogen and oxygen atoms in total. The molecule has 4 rings (SSSR count). The number of hydrogen-bond donors (Lipinski definition) is 2. The van der Waals surface area contributed by atoms with E-state index in [1.54, 1.807) is 53.1 Å². The van der Waals surface area contributed by atoms with E-state index in [0.29, 0.717) is 28.7 Å². The molecule has 2 amide bonds. The number of carbonyl (C=O) groups is 2. The molecular formula is C24H20FN5O2S. The molecule has 0 unspecified atom stereocenters. The number of nitrogens with zero attached hydrogens (tertiary/aromatic N) is 3. The molecular weight excluding hydrogens is 441 g/mol. The third kappa shape index (κ3) is 5.64. The van der Waals surface area contributed by atoms with E-state index < -0.39 is 17.6 Å². The number of halogens is 1. The van der Waals surface area contributed by atoms with Crippen molar-refractivity contribution in [2.45, 2.75) is 11.7 Å². The van der Waals surface area contributed by atoms with E-state index in [4.69, 9.17) is 0 Å². The summed E-state index contributed by atoms with van der Waals surface area (Å²) in [5, 5.41) is 8.83. The minimum atomic E-state index is -0.414. The van der Waals surface area contributed by atoms with Gasteiger partial charge in [0.05, 0.1) is 17.9 Å². The van der Waals surface area contributed by atoms with Gasteiger partial charge in [-0.2, -0.15) is 0 Å². The lowest BCUT2D eigenvalue weighted by atomic mass is 10.2. The van der Waals surface area contributed by atoms with Gasteiger partial charge < -0.3 is 0 Å². The van der Waals surface area contributed by atoms with Crippen LogP contribution in [-0.2, 0) is 11.3 Å². The molecule has 0 saturated heterocycles. The van der Waals surface area contributed by atoms with E-state index in [1.165, 1.54) is 6.07 Å². The lowest BCUT2D eigenvalue weighted by Gasteiger charge is -2.11. The van der Waals surface area contributed by atoms with E-state index in [9.17, 15) is 14.0 Å². The second kappa shape index (κ2) is 10.6. The topological polar surface area (TPSA) is 88.9 Å². The maximum absolute atomic E-state index is 14.4. The van der Waals surface area contributed by atoms with Crippen molar-refractivity contribution in [1.82, 2.24) is 25.6 Å². The van der Waals surface area contributed by atoms with Crippen molar-refractivity contribution in [1.29, 1.82) is 0 Å². The minimum absolute atomic E-state index is 0.0146. The van der Waals surface area contributed by atoms with Crippen LogP contribution in [0.4, 0.5) is 4.39 Å². The molecule has 0 atom stereocenters. The first-order valence-corrected chi connectivity index (χ1v) is 11.1. The molecule has 4 aromatic rings. The number of nitrogens with one attached hydrogen (secondary N) is 2. The van der Waals surface area contributed by atoms with Crippen molar-refractivity contribution in [3.63, 3.8) is 0 Å². The Morgan fingerprint density at radius 3 is 2.24 bits per heavy atom. The van der Waals surface area contributed by atoms with Gasteiger partial charge in [-0.15, -0.1) is 10.2 Å². The normalized spacial score (nSPS) is 10.6. The average Bonchev–Trinajstić information content (AvgIpc) is 3.24. The zero-order chi connectivity index (χ0) is 23.0.